The largest absolute Gasteiger partial charge is 0.476 e. The van der Waals surface area contributed by atoms with E-state index in [-0.39, 0.29) is 11.5 Å². The van der Waals surface area contributed by atoms with Gasteiger partial charge in [0.1, 0.15) is 5.82 Å². The Morgan fingerprint density at radius 1 is 1.44 bits per heavy atom. The second-order valence-electron chi connectivity index (χ2n) is 4.02. The number of carboxylic acids is 1. The minimum atomic E-state index is -1.07. The molecule has 0 spiro atoms. The molecule has 1 aromatic heterocycles. The van der Waals surface area contributed by atoms with E-state index in [1.807, 2.05) is 6.92 Å². The van der Waals surface area contributed by atoms with Gasteiger partial charge in [-0.1, -0.05) is 6.92 Å². The molecule has 94 valence electrons. The van der Waals surface area contributed by atoms with Crippen molar-refractivity contribution in [1.82, 2.24) is 9.78 Å². The van der Waals surface area contributed by atoms with Gasteiger partial charge >= 0.3 is 5.97 Å². The van der Waals surface area contributed by atoms with E-state index < -0.39 is 5.97 Å². The monoisotopic (exact) mass is 248 g/mol. The Balaban J connectivity index is 2.55. The SMILES string of the molecule is CCc1cc(C(=O)O)nn1-c1ccc(F)c(C)c1. The predicted octanol–water partition coefficient (Wildman–Crippen LogP) is 2.58. The molecule has 0 saturated carbocycles. The number of aryl methyl sites for hydroxylation is 2. The number of aromatic carboxylic acids is 1. The van der Waals surface area contributed by atoms with Gasteiger partial charge in [0.05, 0.1) is 5.69 Å². The van der Waals surface area contributed by atoms with Crippen molar-refractivity contribution in [3.8, 4) is 5.69 Å². The highest BCUT2D eigenvalue weighted by Crippen LogP contribution is 2.16. The maximum atomic E-state index is 13.2. The van der Waals surface area contributed by atoms with Crippen LogP contribution in [0.4, 0.5) is 4.39 Å². The zero-order valence-corrected chi connectivity index (χ0v) is 10.1. The third kappa shape index (κ3) is 2.11. The molecule has 0 aliphatic heterocycles. The van der Waals surface area contributed by atoms with Crippen molar-refractivity contribution in [3.63, 3.8) is 0 Å². The van der Waals surface area contributed by atoms with Gasteiger partial charge in [-0.05, 0) is 43.2 Å². The summed E-state index contributed by atoms with van der Waals surface area (Å²) in [6.07, 6.45) is 0.650. The van der Waals surface area contributed by atoms with Crippen molar-refractivity contribution in [2.45, 2.75) is 20.3 Å². The molecule has 0 amide bonds. The molecule has 1 heterocycles. The van der Waals surface area contributed by atoms with Crippen LogP contribution in [0.1, 0.15) is 28.7 Å². The van der Waals surface area contributed by atoms with Gasteiger partial charge in [-0.25, -0.2) is 13.9 Å². The Morgan fingerprint density at radius 3 is 2.72 bits per heavy atom. The summed E-state index contributed by atoms with van der Waals surface area (Å²) in [6.45, 7) is 3.57. The second kappa shape index (κ2) is 4.60. The van der Waals surface area contributed by atoms with Gasteiger partial charge in [0.15, 0.2) is 5.69 Å². The molecule has 2 aromatic rings. The van der Waals surface area contributed by atoms with E-state index in [2.05, 4.69) is 5.10 Å². The minimum Gasteiger partial charge on any atom is -0.476 e. The number of aromatic nitrogens is 2. The van der Waals surface area contributed by atoms with Gasteiger partial charge in [0.2, 0.25) is 0 Å². The highest BCUT2D eigenvalue weighted by molar-refractivity contribution is 5.85. The zero-order valence-electron chi connectivity index (χ0n) is 10.1. The summed E-state index contributed by atoms with van der Waals surface area (Å²) in [5, 5.41) is 12.9. The van der Waals surface area contributed by atoms with Crippen LogP contribution in [-0.2, 0) is 6.42 Å². The lowest BCUT2D eigenvalue weighted by Crippen LogP contribution is -2.04. The Hall–Kier alpha value is -2.17. The van der Waals surface area contributed by atoms with Crippen LogP contribution >= 0.6 is 0 Å². The maximum Gasteiger partial charge on any atom is 0.356 e. The van der Waals surface area contributed by atoms with Gasteiger partial charge < -0.3 is 5.11 Å². The lowest BCUT2D eigenvalue weighted by atomic mass is 10.2. The van der Waals surface area contributed by atoms with Gasteiger partial charge in [-0.2, -0.15) is 5.10 Å². The van der Waals surface area contributed by atoms with E-state index in [1.54, 1.807) is 19.1 Å². The molecule has 4 nitrogen and oxygen atoms in total. The lowest BCUT2D eigenvalue weighted by Gasteiger charge is -2.07. The Kier molecular flexibility index (Phi) is 3.14. The fourth-order valence-corrected chi connectivity index (χ4v) is 1.76. The molecule has 18 heavy (non-hydrogen) atoms. The maximum absolute atomic E-state index is 13.2. The summed E-state index contributed by atoms with van der Waals surface area (Å²) in [5.41, 5.74) is 1.94. The quantitative estimate of drug-likeness (QED) is 0.908. The highest BCUT2D eigenvalue weighted by Gasteiger charge is 2.13. The van der Waals surface area contributed by atoms with Gasteiger partial charge in [0, 0.05) is 5.69 Å². The van der Waals surface area contributed by atoms with Crippen molar-refractivity contribution in [2.75, 3.05) is 0 Å². The van der Waals surface area contributed by atoms with E-state index in [0.29, 0.717) is 17.7 Å². The van der Waals surface area contributed by atoms with E-state index in [1.165, 1.54) is 16.8 Å². The number of hydrogen-bond acceptors (Lipinski definition) is 2. The third-order valence-electron chi connectivity index (χ3n) is 2.75. The van der Waals surface area contributed by atoms with Gasteiger partial charge in [-0.15, -0.1) is 0 Å². The van der Waals surface area contributed by atoms with Gasteiger partial charge in [0.25, 0.3) is 0 Å². The average Bonchev–Trinajstić information content (AvgIpc) is 2.77. The zero-order chi connectivity index (χ0) is 13.3. The number of carboxylic acid groups (broad SMARTS) is 1. The fraction of sp³-hybridized carbons (Fsp3) is 0.231. The first-order valence-corrected chi connectivity index (χ1v) is 5.61. The molecule has 5 heteroatoms. The van der Waals surface area contributed by atoms with Crippen molar-refractivity contribution >= 4 is 5.97 Å². The molecular formula is C13H13FN2O2. The van der Waals surface area contributed by atoms with E-state index in [4.69, 9.17) is 5.11 Å². The molecule has 0 fully saturated rings. The Morgan fingerprint density at radius 2 is 2.17 bits per heavy atom. The number of nitrogens with zero attached hydrogens (tertiary/aromatic N) is 2. The summed E-state index contributed by atoms with van der Waals surface area (Å²) in [5.74, 6) is -1.36. The number of benzene rings is 1. The van der Waals surface area contributed by atoms with Crippen LogP contribution in [-0.4, -0.2) is 20.9 Å². The van der Waals surface area contributed by atoms with Gasteiger partial charge in [-0.3, -0.25) is 0 Å². The summed E-state index contributed by atoms with van der Waals surface area (Å²) in [6, 6.07) is 6.11. The molecule has 0 aliphatic rings. The summed E-state index contributed by atoms with van der Waals surface area (Å²) >= 11 is 0. The molecule has 0 radical (unpaired) electrons. The van der Waals surface area contributed by atoms with Crippen LogP contribution in [0, 0.1) is 12.7 Å². The molecular weight excluding hydrogens is 235 g/mol. The third-order valence-corrected chi connectivity index (χ3v) is 2.75. The van der Waals surface area contributed by atoms with Crippen LogP contribution < -0.4 is 0 Å². The molecule has 1 N–H and O–H groups in total. The smallest absolute Gasteiger partial charge is 0.356 e. The van der Waals surface area contributed by atoms with E-state index in [0.717, 1.165) is 5.69 Å². The number of hydrogen-bond donors (Lipinski definition) is 1. The lowest BCUT2D eigenvalue weighted by molar-refractivity contribution is 0.0690. The standard InChI is InChI=1S/C13H13FN2O2/c1-3-9-7-12(13(17)18)15-16(9)10-4-5-11(14)8(2)6-10/h4-7H,3H2,1-2H3,(H,17,18). The Bertz CT molecular complexity index is 605. The summed E-state index contributed by atoms with van der Waals surface area (Å²) < 4.78 is 14.7. The van der Waals surface area contributed by atoms with Crippen molar-refractivity contribution in [1.29, 1.82) is 0 Å². The first-order chi connectivity index (χ1) is 8.52. The molecule has 2 rings (SSSR count). The van der Waals surface area contributed by atoms with Crippen LogP contribution in [0.5, 0.6) is 0 Å². The summed E-state index contributed by atoms with van der Waals surface area (Å²) in [4.78, 5) is 10.9. The first kappa shape index (κ1) is 12.3. The number of rotatable bonds is 3. The normalized spacial score (nSPS) is 10.6. The average molecular weight is 248 g/mol. The molecule has 0 bridgehead atoms. The fourth-order valence-electron chi connectivity index (χ4n) is 1.76. The minimum absolute atomic E-state index is 0.00571. The van der Waals surface area contributed by atoms with Crippen LogP contribution in [0.15, 0.2) is 24.3 Å². The molecule has 0 aliphatic carbocycles. The summed E-state index contributed by atoms with van der Waals surface area (Å²) in [7, 11) is 0. The highest BCUT2D eigenvalue weighted by atomic mass is 19.1. The molecule has 1 aromatic carbocycles. The second-order valence-corrected chi connectivity index (χ2v) is 4.02. The topological polar surface area (TPSA) is 55.1 Å². The molecule has 0 atom stereocenters. The van der Waals surface area contributed by atoms with E-state index in [9.17, 15) is 9.18 Å². The van der Waals surface area contributed by atoms with Crippen LogP contribution in [0.3, 0.4) is 0 Å². The van der Waals surface area contributed by atoms with Crippen molar-refractivity contribution in [3.05, 3.63) is 47.0 Å². The number of carbonyl (C=O) groups is 1. The van der Waals surface area contributed by atoms with Crippen LogP contribution in [0.25, 0.3) is 5.69 Å². The number of halogens is 1. The van der Waals surface area contributed by atoms with Crippen LogP contribution in [0.2, 0.25) is 0 Å². The first-order valence-electron chi connectivity index (χ1n) is 5.61. The molecule has 0 saturated heterocycles. The Labute approximate surface area is 104 Å². The van der Waals surface area contributed by atoms with Crippen molar-refractivity contribution in [2.24, 2.45) is 0 Å². The van der Waals surface area contributed by atoms with Crippen molar-refractivity contribution < 1.29 is 14.3 Å². The predicted molar refractivity (Wildman–Crippen MR) is 64.6 cm³/mol. The van der Waals surface area contributed by atoms with E-state index >= 15 is 0 Å². The molecule has 0 unspecified atom stereocenters.